The van der Waals surface area contributed by atoms with Crippen LogP contribution in [-0.4, -0.2) is 50.4 Å². The Morgan fingerprint density at radius 3 is 2.44 bits per heavy atom. The van der Waals surface area contributed by atoms with Gasteiger partial charge in [-0.2, -0.15) is 5.56 Å². The van der Waals surface area contributed by atoms with Crippen LogP contribution in [0, 0.1) is 18.9 Å². The van der Waals surface area contributed by atoms with Gasteiger partial charge in [-0.3, -0.25) is 0 Å². The minimum atomic E-state index is -0.0119. The molecule has 5 nitrogen and oxygen atoms in total. The maximum absolute atomic E-state index is 10.5. The number of unbranched alkanes of at least 4 members (excludes halogenated alkanes) is 2. The predicted octanol–water partition coefficient (Wildman–Crippen LogP) is 6.14. The molecule has 0 saturated carbocycles. The first kappa shape index (κ1) is 33.3. The van der Waals surface area contributed by atoms with Crippen molar-refractivity contribution in [3.8, 4) is 11.5 Å². The van der Waals surface area contributed by atoms with Crippen molar-refractivity contribution >= 4 is 0 Å². The van der Waals surface area contributed by atoms with Gasteiger partial charge in [0.1, 0.15) is 0 Å². The molecular formula is C28H44O5Y-2. The van der Waals surface area contributed by atoms with Crippen molar-refractivity contribution < 1.29 is 57.1 Å². The monoisotopic (exact) mass is 549 g/mol. The van der Waals surface area contributed by atoms with Gasteiger partial charge in [0, 0.05) is 51.3 Å². The summed E-state index contributed by atoms with van der Waals surface area (Å²) < 4.78 is 14.8. The molecule has 0 fully saturated rings. The van der Waals surface area contributed by atoms with Crippen molar-refractivity contribution in [1.82, 2.24) is 0 Å². The van der Waals surface area contributed by atoms with Crippen LogP contribution in [0.25, 0.3) is 0 Å². The first-order chi connectivity index (χ1) is 15.8. The topological polar surface area (TPSA) is 68.2 Å². The molecule has 191 valence electrons. The Kier molecular flexibility index (Phi) is 19.1. The molecule has 2 atom stereocenters. The largest absolute Gasteiger partial charge is 0.533 e. The van der Waals surface area contributed by atoms with Gasteiger partial charge in [0.05, 0.1) is 26.4 Å². The molecule has 1 aromatic rings. The number of aromatic hydroxyl groups is 2. The number of hydrogen-bond donors (Lipinski definition) is 2. The Bertz CT molecular complexity index is 701. The Morgan fingerprint density at radius 1 is 1.18 bits per heavy atom. The van der Waals surface area contributed by atoms with Gasteiger partial charge >= 0.3 is 0 Å². The van der Waals surface area contributed by atoms with Crippen molar-refractivity contribution in [2.24, 2.45) is 5.92 Å². The molecule has 0 saturated heterocycles. The number of aryl methyl sites for hydroxylation is 1. The van der Waals surface area contributed by atoms with Crippen LogP contribution in [0.4, 0.5) is 0 Å². The molecule has 1 aromatic carbocycles. The smallest absolute Gasteiger partial charge is 0.0701 e. The zero-order valence-electron chi connectivity index (χ0n) is 21.7. The van der Waals surface area contributed by atoms with Gasteiger partial charge in [0.2, 0.25) is 0 Å². The third-order valence-corrected chi connectivity index (χ3v) is 5.83. The van der Waals surface area contributed by atoms with Crippen molar-refractivity contribution in [2.75, 3.05) is 40.1 Å². The second kappa shape index (κ2) is 19.5. The molecule has 1 aliphatic carbocycles. The summed E-state index contributed by atoms with van der Waals surface area (Å²) in [4.78, 5) is 0. The number of ether oxygens (including phenoxy) is 3. The van der Waals surface area contributed by atoms with Gasteiger partial charge in [0.25, 0.3) is 0 Å². The summed E-state index contributed by atoms with van der Waals surface area (Å²) in [6.45, 7) is 17.0. The Hall–Kier alpha value is -0.716. The van der Waals surface area contributed by atoms with Crippen LogP contribution < -0.4 is 0 Å². The number of allylic oxidation sites excluding steroid dienone is 3. The van der Waals surface area contributed by atoms with E-state index in [1.54, 1.807) is 13.2 Å². The van der Waals surface area contributed by atoms with Crippen molar-refractivity contribution in [2.45, 2.75) is 65.2 Å². The molecule has 0 bridgehead atoms. The van der Waals surface area contributed by atoms with E-state index in [4.69, 9.17) is 14.2 Å². The summed E-state index contributed by atoms with van der Waals surface area (Å²) in [5.74, 6) is 0.533. The number of rotatable bonds is 13. The third kappa shape index (κ3) is 12.3. The van der Waals surface area contributed by atoms with Crippen LogP contribution in [0.15, 0.2) is 29.9 Å². The number of methoxy groups -OCH3 is 1. The number of benzene rings is 1. The number of phenolic OH excluding ortho intramolecular Hbond substituents is 2. The van der Waals surface area contributed by atoms with Gasteiger partial charge < -0.3 is 31.3 Å². The molecule has 0 heterocycles. The minimum absolute atomic E-state index is 0. The molecule has 6 heteroatoms. The zero-order chi connectivity index (χ0) is 24.6. The van der Waals surface area contributed by atoms with Crippen molar-refractivity contribution in [1.29, 1.82) is 0 Å². The normalized spacial score (nSPS) is 17.3. The molecule has 2 rings (SSSR count). The van der Waals surface area contributed by atoms with E-state index >= 15 is 0 Å². The van der Waals surface area contributed by atoms with Gasteiger partial charge in [-0.1, -0.05) is 68.6 Å². The third-order valence-electron chi connectivity index (χ3n) is 5.83. The van der Waals surface area contributed by atoms with Crippen LogP contribution >= 0.6 is 0 Å². The van der Waals surface area contributed by atoms with E-state index in [0.717, 1.165) is 49.7 Å². The summed E-state index contributed by atoms with van der Waals surface area (Å²) in [5.41, 5.74) is 3.90. The standard InChI is InChI=1S/C21H29O2.C7H15O3.Y/c1-5-6-7-8-16-12-19(22)21(20(23)13-16)18-11-15(4)9-10-17(18)14(2)3;1-3-9-6-7-10-5-4-8-2;/h11-12,17-18,22-23H,2,5-10H2,1,3-4H3;1,3-7H2,2H3;/q2*-1;. The fourth-order valence-electron chi connectivity index (χ4n) is 4.02. The zero-order valence-corrected chi connectivity index (χ0v) is 24.5. The first-order valence-corrected chi connectivity index (χ1v) is 12.1. The maximum Gasteiger partial charge on any atom is 0.0701 e. The fourth-order valence-corrected chi connectivity index (χ4v) is 4.02. The first-order valence-electron chi connectivity index (χ1n) is 12.1. The van der Waals surface area contributed by atoms with E-state index in [0.29, 0.717) is 38.6 Å². The molecule has 1 aliphatic rings. The van der Waals surface area contributed by atoms with E-state index in [-0.39, 0.29) is 56.0 Å². The molecule has 0 aliphatic heterocycles. The molecule has 1 radical (unpaired) electrons. The van der Waals surface area contributed by atoms with E-state index in [9.17, 15) is 10.2 Å². The van der Waals surface area contributed by atoms with Crippen LogP contribution in [0.1, 0.15) is 69.9 Å². The summed E-state index contributed by atoms with van der Waals surface area (Å²) >= 11 is 0. The van der Waals surface area contributed by atoms with Gasteiger partial charge in [-0.15, -0.1) is 12.1 Å². The van der Waals surface area contributed by atoms with Crippen molar-refractivity contribution in [3.63, 3.8) is 0 Å². The maximum atomic E-state index is 10.5. The van der Waals surface area contributed by atoms with Gasteiger partial charge in [-0.05, 0) is 38.5 Å². The average molecular weight is 550 g/mol. The van der Waals surface area contributed by atoms with Gasteiger partial charge in [-0.25, -0.2) is 0 Å². The second-order valence-electron chi connectivity index (χ2n) is 8.65. The summed E-state index contributed by atoms with van der Waals surface area (Å²) in [6.07, 6.45) is 8.44. The summed E-state index contributed by atoms with van der Waals surface area (Å²) in [6, 6.07) is 4.86. The van der Waals surface area contributed by atoms with E-state index in [1.165, 1.54) is 5.57 Å². The Labute approximate surface area is 232 Å². The molecule has 0 spiro atoms. The van der Waals surface area contributed by atoms with Crippen LogP contribution in [0.5, 0.6) is 11.5 Å². The molecule has 2 N–H and O–H groups in total. The minimum Gasteiger partial charge on any atom is -0.533 e. The molecule has 0 amide bonds. The molecule has 0 aromatic heterocycles. The second-order valence-corrected chi connectivity index (χ2v) is 8.65. The Balaban J connectivity index is 0.000000844. The number of hydrogen-bond acceptors (Lipinski definition) is 5. The fraction of sp³-hybridized carbons (Fsp3) is 0.607. The number of phenols is 2. The predicted molar refractivity (Wildman–Crippen MR) is 135 cm³/mol. The van der Waals surface area contributed by atoms with Crippen LogP contribution in [0.2, 0.25) is 0 Å². The summed E-state index contributed by atoms with van der Waals surface area (Å²) in [5, 5.41) is 21.0. The van der Waals surface area contributed by atoms with Crippen molar-refractivity contribution in [3.05, 3.63) is 54.0 Å². The van der Waals surface area contributed by atoms with Crippen LogP contribution in [-0.2, 0) is 53.3 Å². The van der Waals surface area contributed by atoms with Gasteiger partial charge in [0.15, 0.2) is 0 Å². The Morgan fingerprint density at radius 2 is 1.85 bits per heavy atom. The van der Waals surface area contributed by atoms with Crippen LogP contribution in [0.3, 0.4) is 0 Å². The average Bonchev–Trinajstić information content (AvgIpc) is 2.76. The quantitative estimate of drug-likeness (QED) is 0.176. The molecule has 2 unspecified atom stereocenters. The molecular weight excluding hydrogens is 505 g/mol. The SMILES string of the molecule is C=C(C)C1CCC(C)=CC1c1c(O)[c-]c(CCCCC)cc1O.[CH2-]COCCOCCOC.[Y]. The molecule has 34 heavy (non-hydrogen) atoms. The van der Waals surface area contributed by atoms with E-state index in [1.807, 2.05) is 6.92 Å². The van der Waals surface area contributed by atoms with E-state index < -0.39 is 0 Å². The van der Waals surface area contributed by atoms with E-state index in [2.05, 4.69) is 39.5 Å². The summed E-state index contributed by atoms with van der Waals surface area (Å²) in [7, 11) is 1.65.